The van der Waals surface area contributed by atoms with E-state index in [4.69, 9.17) is 27.9 Å². The molecule has 2 aromatic rings. The number of halogens is 2. The third-order valence-corrected chi connectivity index (χ3v) is 3.98. The van der Waals surface area contributed by atoms with E-state index in [0.717, 1.165) is 5.56 Å². The summed E-state index contributed by atoms with van der Waals surface area (Å²) in [5.41, 5.74) is 1.38. The molecule has 2 rings (SSSR count). The van der Waals surface area contributed by atoms with E-state index in [0.29, 0.717) is 15.7 Å². The molecule has 0 amide bonds. The lowest BCUT2D eigenvalue weighted by Gasteiger charge is -2.24. The largest absolute Gasteiger partial charge is 0.464 e. The van der Waals surface area contributed by atoms with Gasteiger partial charge in [-0.1, -0.05) is 53.5 Å². The first-order chi connectivity index (χ1) is 11.0. The number of rotatable bonds is 6. The lowest BCUT2D eigenvalue weighted by Crippen LogP contribution is -2.34. The third kappa shape index (κ3) is 4.61. The van der Waals surface area contributed by atoms with E-state index in [1.165, 1.54) is 0 Å². The zero-order valence-electron chi connectivity index (χ0n) is 12.5. The number of carbonyl (C=O) groups excluding carboxylic acids is 1. The Labute approximate surface area is 145 Å². The molecule has 0 saturated carbocycles. The Morgan fingerprint density at radius 3 is 2.48 bits per heavy atom. The first-order valence-corrected chi connectivity index (χ1v) is 7.89. The Hall–Kier alpha value is -1.75. The van der Waals surface area contributed by atoms with Crippen LogP contribution in [0.4, 0.5) is 5.69 Å². The lowest BCUT2D eigenvalue weighted by molar-refractivity contribution is -0.153. The summed E-state index contributed by atoms with van der Waals surface area (Å²) in [6.07, 6.45) is -1.35. The van der Waals surface area contributed by atoms with E-state index in [2.05, 4.69) is 5.32 Å². The fourth-order valence-corrected chi connectivity index (χ4v) is 2.43. The van der Waals surface area contributed by atoms with Crippen LogP contribution >= 0.6 is 23.2 Å². The SMILES string of the molecule is CCOC(=O)[C@H](O)[C@H](Nc1ccc(Cl)c(Cl)c1)c1ccccc1. The highest BCUT2D eigenvalue weighted by Crippen LogP contribution is 2.29. The fraction of sp³-hybridized carbons (Fsp3) is 0.235. The number of aliphatic hydroxyl groups is 1. The second kappa shape index (κ2) is 8.20. The van der Waals surface area contributed by atoms with E-state index in [1.807, 2.05) is 30.3 Å². The third-order valence-electron chi connectivity index (χ3n) is 3.24. The minimum Gasteiger partial charge on any atom is -0.464 e. The molecule has 0 fully saturated rings. The molecule has 0 spiro atoms. The maximum Gasteiger partial charge on any atom is 0.337 e. The second-order valence-corrected chi connectivity index (χ2v) is 5.67. The molecule has 0 aliphatic carbocycles. The highest BCUT2D eigenvalue weighted by atomic mass is 35.5. The van der Waals surface area contributed by atoms with Crippen molar-refractivity contribution in [2.75, 3.05) is 11.9 Å². The van der Waals surface area contributed by atoms with Crippen molar-refractivity contribution in [1.82, 2.24) is 0 Å². The lowest BCUT2D eigenvalue weighted by atomic mass is 10.0. The average Bonchev–Trinajstić information content (AvgIpc) is 2.56. The van der Waals surface area contributed by atoms with Crippen LogP contribution in [0.5, 0.6) is 0 Å². The van der Waals surface area contributed by atoms with E-state index in [9.17, 15) is 9.90 Å². The van der Waals surface area contributed by atoms with Crippen molar-refractivity contribution in [3.05, 3.63) is 64.1 Å². The molecule has 4 nitrogen and oxygen atoms in total. The van der Waals surface area contributed by atoms with Gasteiger partial charge in [-0.25, -0.2) is 4.79 Å². The van der Waals surface area contributed by atoms with Crippen LogP contribution in [-0.4, -0.2) is 23.8 Å². The molecule has 0 saturated heterocycles. The molecular weight excluding hydrogens is 337 g/mol. The van der Waals surface area contributed by atoms with Crippen LogP contribution in [0.15, 0.2) is 48.5 Å². The monoisotopic (exact) mass is 353 g/mol. The van der Waals surface area contributed by atoms with Crippen molar-refractivity contribution in [3.63, 3.8) is 0 Å². The summed E-state index contributed by atoms with van der Waals surface area (Å²) >= 11 is 11.9. The van der Waals surface area contributed by atoms with Gasteiger partial charge in [0.2, 0.25) is 0 Å². The molecule has 0 aliphatic heterocycles. The van der Waals surface area contributed by atoms with Gasteiger partial charge in [0.15, 0.2) is 6.10 Å². The smallest absolute Gasteiger partial charge is 0.337 e. The minimum atomic E-state index is -1.35. The minimum absolute atomic E-state index is 0.199. The van der Waals surface area contributed by atoms with Gasteiger partial charge in [-0.3, -0.25) is 0 Å². The highest BCUT2D eigenvalue weighted by Gasteiger charge is 2.28. The van der Waals surface area contributed by atoms with Gasteiger partial charge in [0, 0.05) is 5.69 Å². The molecular formula is C17H17Cl2NO3. The van der Waals surface area contributed by atoms with Crippen molar-refractivity contribution in [3.8, 4) is 0 Å². The summed E-state index contributed by atoms with van der Waals surface area (Å²) in [6, 6.07) is 13.5. The first kappa shape index (κ1) is 17.6. The number of esters is 1. The molecule has 0 unspecified atom stereocenters. The Kier molecular flexibility index (Phi) is 6.28. The number of benzene rings is 2. The van der Waals surface area contributed by atoms with Crippen molar-refractivity contribution in [2.45, 2.75) is 19.1 Å². The van der Waals surface area contributed by atoms with Crippen LogP contribution in [0.1, 0.15) is 18.5 Å². The number of carbonyl (C=O) groups is 1. The van der Waals surface area contributed by atoms with Gasteiger partial charge in [0.1, 0.15) is 0 Å². The quantitative estimate of drug-likeness (QED) is 0.768. The Morgan fingerprint density at radius 1 is 1.17 bits per heavy atom. The topological polar surface area (TPSA) is 58.6 Å². The predicted octanol–water partition coefficient (Wildman–Crippen LogP) is 4.07. The van der Waals surface area contributed by atoms with Gasteiger partial charge in [-0.05, 0) is 30.7 Å². The summed E-state index contributed by atoms with van der Waals surface area (Å²) in [7, 11) is 0. The first-order valence-electron chi connectivity index (χ1n) is 7.14. The molecule has 23 heavy (non-hydrogen) atoms. The van der Waals surface area contributed by atoms with Crippen molar-refractivity contribution < 1.29 is 14.6 Å². The van der Waals surface area contributed by atoms with E-state index in [-0.39, 0.29) is 6.61 Å². The standard InChI is InChI=1S/C17H17Cl2NO3/c1-2-23-17(22)16(21)15(11-6-4-3-5-7-11)20-12-8-9-13(18)14(19)10-12/h3-10,15-16,20-21H,2H2,1H3/t15-,16-/m1/s1. The van der Waals surface area contributed by atoms with E-state index >= 15 is 0 Å². The number of ether oxygens (including phenoxy) is 1. The van der Waals surface area contributed by atoms with Crippen LogP contribution in [0.2, 0.25) is 10.0 Å². The number of hydrogen-bond donors (Lipinski definition) is 2. The van der Waals surface area contributed by atoms with Crippen LogP contribution in [0, 0.1) is 0 Å². The molecule has 0 aromatic heterocycles. The predicted molar refractivity (Wildman–Crippen MR) is 91.9 cm³/mol. The van der Waals surface area contributed by atoms with Gasteiger partial charge in [-0.2, -0.15) is 0 Å². The Balaban J connectivity index is 2.29. The van der Waals surface area contributed by atoms with Gasteiger partial charge in [-0.15, -0.1) is 0 Å². The number of aliphatic hydroxyl groups excluding tert-OH is 1. The molecule has 0 radical (unpaired) electrons. The van der Waals surface area contributed by atoms with Crippen molar-refractivity contribution in [2.24, 2.45) is 0 Å². The van der Waals surface area contributed by atoms with E-state index in [1.54, 1.807) is 25.1 Å². The van der Waals surface area contributed by atoms with Crippen LogP contribution in [0.3, 0.4) is 0 Å². The van der Waals surface area contributed by atoms with Crippen molar-refractivity contribution in [1.29, 1.82) is 0 Å². The summed E-state index contributed by atoms with van der Waals surface area (Å²) < 4.78 is 4.91. The number of nitrogens with one attached hydrogen (secondary N) is 1. The zero-order valence-corrected chi connectivity index (χ0v) is 14.0. The summed E-state index contributed by atoms with van der Waals surface area (Å²) in [5, 5.41) is 14.3. The maximum atomic E-state index is 11.9. The van der Waals surface area contributed by atoms with Gasteiger partial charge in [0.05, 0.1) is 22.7 Å². The fourth-order valence-electron chi connectivity index (χ4n) is 2.13. The Morgan fingerprint density at radius 2 is 1.87 bits per heavy atom. The number of hydrogen-bond acceptors (Lipinski definition) is 4. The second-order valence-electron chi connectivity index (χ2n) is 4.86. The Bertz CT molecular complexity index is 664. The molecule has 0 heterocycles. The normalized spacial score (nSPS) is 13.2. The highest BCUT2D eigenvalue weighted by molar-refractivity contribution is 6.42. The average molecular weight is 354 g/mol. The summed E-state index contributed by atoms with van der Waals surface area (Å²) in [4.78, 5) is 11.9. The molecule has 2 N–H and O–H groups in total. The van der Waals surface area contributed by atoms with Crippen LogP contribution in [-0.2, 0) is 9.53 Å². The molecule has 122 valence electrons. The molecule has 2 aromatic carbocycles. The molecule has 2 atom stereocenters. The van der Waals surface area contributed by atoms with Crippen LogP contribution in [0.25, 0.3) is 0 Å². The molecule has 0 bridgehead atoms. The number of anilines is 1. The summed E-state index contributed by atoms with van der Waals surface area (Å²) in [5.74, 6) is -0.686. The maximum absolute atomic E-state index is 11.9. The zero-order chi connectivity index (χ0) is 16.8. The molecule has 6 heteroatoms. The van der Waals surface area contributed by atoms with Gasteiger partial charge < -0.3 is 15.2 Å². The van der Waals surface area contributed by atoms with Gasteiger partial charge >= 0.3 is 5.97 Å². The van der Waals surface area contributed by atoms with E-state index < -0.39 is 18.1 Å². The summed E-state index contributed by atoms with van der Waals surface area (Å²) in [6.45, 7) is 1.89. The van der Waals surface area contributed by atoms with Crippen LogP contribution < -0.4 is 5.32 Å². The molecule has 0 aliphatic rings. The van der Waals surface area contributed by atoms with Gasteiger partial charge in [0.25, 0.3) is 0 Å². The van der Waals surface area contributed by atoms with Crippen molar-refractivity contribution >= 4 is 34.9 Å².